The maximum absolute atomic E-state index is 5.64. The van der Waals surface area contributed by atoms with Gasteiger partial charge in [-0.05, 0) is 18.2 Å². The predicted octanol–water partition coefficient (Wildman–Crippen LogP) is 1.32. The minimum Gasteiger partial charge on any atom is -0.495 e. The summed E-state index contributed by atoms with van der Waals surface area (Å²) in [6.07, 6.45) is 0. The molecule has 3 heteroatoms. The topological polar surface area (TPSA) is 47.3 Å². The van der Waals surface area contributed by atoms with Crippen molar-refractivity contribution in [2.45, 2.75) is 0 Å². The first-order chi connectivity index (χ1) is 5.27. The molecule has 0 saturated heterocycles. The lowest BCUT2D eigenvalue weighted by Crippen LogP contribution is -1.94. The number of hydrogen-bond donors (Lipinski definition) is 2. The van der Waals surface area contributed by atoms with Crippen molar-refractivity contribution >= 4 is 11.4 Å². The lowest BCUT2D eigenvalue weighted by molar-refractivity contribution is 0.417. The molecule has 1 aromatic rings. The Morgan fingerprint density at radius 3 is 2.64 bits per heavy atom. The fourth-order valence-electron chi connectivity index (χ4n) is 0.890. The van der Waals surface area contributed by atoms with E-state index in [9.17, 15) is 0 Å². The molecule has 0 fully saturated rings. The van der Waals surface area contributed by atoms with Crippen molar-refractivity contribution in [3.63, 3.8) is 0 Å². The Bertz CT molecular complexity index is 248. The van der Waals surface area contributed by atoms with Gasteiger partial charge in [0.05, 0.1) is 12.8 Å². The smallest absolute Gasteiger partial charge is 0.141 e. The van der Waals surface area contributed by atoms with Crippen LogP contribution in [0.3, 0.4) is 0 Å². The van der Waals surface area contributed by atoms with Crippen molar-refractivity contribution < 1.29 is 4.74 Å². The Labute approximate surface area is 66.2 Å². The average molecular weight is 152 g/mol. The van der Waals surface area contributed by atoms with E-state index in [1.54, 1.807) is 7.11 Å². The van der Waals surface area contributed by atoms with Crippen LogP contribution in [-0.4, -0.2) is 14.2 Å². The van der Waals surface area contributed by atoms with Crippen molar-refractivity contribution in [2.24, 2.45) is 0 Å². The van der Waals surface area contributed by atoms with Gasteiger partial charge in [0, 0.05) is 12.7 Å². The molecule has 0 aliphatic rings. The van der Waals surface area contributed by atoms with Gasteiger partial charge in [0.15, 0.2) is 0 Å². The van der Waals surface area contributed by atoms with Crippen molar-refractivity contribution in [1.82, 2.24) is 0 Å². The SMILES string of the molecule is CNc1ccc(OC)c(N)c1. The number of nitrogen functional groups attached to an aromatic ring is 1. The fraction of sp³-hybridized carbons (Fsp3) is 0.250. The molecule has 3 nitrogen and oxygen atoms in total. The molecule has 0 aliphatic heterocycles. The molecule has 0 atom stereocenters. The minimum atomic E-state index is 0.652. The summed E-state index contributed by atoms with van der Waals surface area (Å²) in [5.41, 5.74) is 7.28. The lowest BCUT2D eigenvalue weighted by atomic mass is 10.2. The third kappa shape index (κ3) is 1.55. The Morgan fingerprint density at radius 1 is 1.45 bits per heavy atom. The molecule has 0 saturated carbocycles. The summed E-state index contributed by atoms with van der Waals surface area (Å²) in [5, 5.41) is 2.98. The molecule has 1 rings (SSSR count). The normalized spacial score (nSPS) is 9.27. The van der Waals surface area contributed by atoms with Gasteiger partial charge >= 0.3 is 0 Å². The van der Waals surface area contributed by atoms with E-state index in [0.29, 0.717) is 11.4 Å². The van der Waals surface area contributed by atoms with Crippen LogP contribution < -0.4 is 15.8 Å². The average Bonchev–Trinajstić information content (AvgIpc) is 2.04. The summed E-state index contributed by atoms with van der Waals surface area (Å²) in [5.74, 6) is 0.712. The molecule has 0 unspecified atom stereocenters. The van der Waals surface area contributed by atoms with Crippen LogP contribution >= 0.6 is 0 Å². The van der Waals surface area contributed by atoms with E-state index in [1.165, 1.54) is 0 Å². The highest BCUT2D eigenvalue weighted by Gasteiger charge is 1.97. The number of nitrogens with one attached hydrogen (secondary N) is 1. The van der Waals surface area contributed by atoms with Gasteiger partial charge in [-0.2, -0.15) is 0 Å². The van der Waals surface area contributed by atoms with Crippen LogP contribution in [0, 0.1) is 0 Å². The first-order valence-electron chi connectivity index (χ1n) is 3.39. The molecule has 3 N–H and O–H groups in total. The monoisotopic (exact) mass is 152 g/mol. The Kier molecular flexibility index (Phi) is 2.21. The molecule has 0 aromatic heterocycles. The van der Waals surface area contributed by atoms with Crippen LogP contribution in [0.25, 0.3) is 0 Å². The van der Waals surface area contributed by atoms with Gasteiger partial charge in [0.2, 0.25) is 0 Å². The van der Waals surface area contributed by atoms with Gasteiger partial charge in [-0.25, -0.2) is 0 Å². The van der Waals surface area contributed by atoms with Crippen LogP contribution in [0.2, 0.25) is 0 Å². The third-order valence-electron chi connectivity index (χ3n) is 1.52. The molecule has 0 amide bonds. The van der Waals surface area contributed by atoms with Crippen LogP contribution in [0.1, 0.15) is 0 Å². The van der Waals surface area contributed by atoms with Gasteiger partial charge < -0.3 is 15.8 Å². The number of benzene rings is 1. The van der Waals surface area contributed by atoms with E-state index in [-0.39, 0.29) is 0 Å². The van der Waals surface area contributed by atoms with Gasteiger partial charge in [-0.1, -0.05) is 0 Å². The molecule has 1 aromatic carbocycles. The molecule has 11 heavy (non-hydrogen) atoms. The highest BCUT2D eigenvalue weighted by molar-refractivity contribution is 5.61. The molecule has 0 heterocycles. The summed E-state index contributed by atoms with van der Waals surface area (Å²) in [6, 6.07) is 5.58. The second-order valence-electron chi connectivity index (χ2n) is 2.21. The van der Waals surface area contributed by atoms with Crippen LogP contribution in [0.4, 0.5) is 11.4 Å². The maximum Gasteiger partial charge on any atom is 0.141 e. The second-order valence-corrected chi connectivity index (χ2v) is 2.21. The van der Waals surface area contributed by atoms with Crippen LogP contribution in [0.5, 0.6) is 5.75 Å². The number of hydrogen-bond acceptors (Lipinski definition) is 3. The largest absolute Gasteiger partial charge is 0.495 e. The van der Waals surface area contributed by atoms with Gasteiger partial charge in [-0.3, -0.25) is 0 Å². The first-order valence-corrected chi connectivity index (χ1v) is 3.39. The Hall–Kier alpha value is -1.38. The van der Waals surface area contributed by atoms with Crippen LogP contribution in [0.15, 0.2) is 18.2 Å². The summed E-state index contributed by atoms with van der Waals surface area (Å²) in [4.78, 5) is 0. The molecule has 0 aliphatic carbocycles. The van der Waals surface area contributed by atoms with Crippen molar-refractivity contribution in [2.75, 3.05) is 25.2 Å². The summed E-state index contributed by atoms with van der Waals surface area (Å²) in [6.45, 7) is 0. The molecule has 0 radical (unpaired) electrons. The van der Waals surface area contributed by atoms with Crippen LogP contribution in [-0.2, 0) is 0 Å². The lowest BCUT2D eigenvalue weighted by Gasteiger charge is -2.05. The second kappa shape index (κ2) is 3.14. The van der Waals surface area contributed by atoms with E-state index in [1.807, 2.05) is 25.2 Å². The minimum absolute atomic E-state index is 0.652. The number of nitrogens with two attached hydrogens (primary N) is 1. The zero-order chi connectivity index (χ0) is 8.27. The zero-order valence-electron chi connectivity index (χ0n) is 6.72. The maximum atomic E-state index is 5.64. The molecule has 0 bridgehead atoms. The highest BCUT2D eigenvalue weighted by Crippen LogP contribution is 2.23. The van der Waals surface area contributed by atoms with E-state index in [2.05, 4.69) is 5.32 Å². The quantitative estimate of drug-likeness (QED) is 0.628. The highest BCUT2D eigenvalue weighted by atomic mass is 16.5. The molecule has 60 valence electrons. The predicted molar refractivity (Wildman–Crippen MR) is 47.0 cm³/mol. The summed E-state index contributed by atoms with van der Waals surface area (Å²) in [7, 11) is 3.45. The Balaban J connectivity index is 2.99. The Morgan fingerprint density at radius 2 is 2.18 bits per heavy atom. The molecular weight excluding hydrogens is 140 g/mol. The van der Waals surface area contributed by atoms with Gasteiger partial charge in [0.25, 0.3) is 0 Å². The molecular formula is C8H12N2O. The van der Waals surface area contributed by atoms with E-state index < -0.39 is 0 Å². The number of anilines is 2. The third-order valence-corrected chi connectivity index (χ3v) is 1.52. The zero-order valence-corrected chi connectivity index (χ0v) is 6.72. The van der Waals surface area contributed by atoms with Gasteiger partial charge in [0.1, 0.15) is 5.75 Å². The summed E-state index contributed by atoms with van der Waals surface area (Å²) >= 11 is 0. The van der Waals surface area contributed by atoms with Crippen molar-refractivity contribution in [3.05, 3.63) is 18.2 Å². The number of methoxy groups -OCH3 is 1. The standard InChI is InChI=1S/C8H12N2O/c1-10-6-3-4-8(11-2)7(9)5-6/h3-5,10H,9H2,1-2H3. The van der Waals surface area contributed by atoms with Gasteiger partial charge in [-0.15, -0.1) is 0 Å². The van der Waals surface area contributed by atoms with E-state index in [0.717, 1.165) is 5.69 Å². The number of ether oxygens (including phenoxy) is 1. The van der Waals surface area contributed by atoms with Crippen molar-refractivity contribution in [3.8, 4) is 5.75 Å². The van der Waals surface area contributed by atoms with E-state index in [4.69, 9.17) is 10.5 Å². The molecule has 0 spiro atoms. The van der Waals surface area contributed by atoms with E-state index >= 15 is 0 Å². The first kappa shape index (κ1) is 7.72. The van der Waals surface area contributed by atoms with Crippen molar-refractivity contribution in [1.29, 1.82) is 0 Å². The summed E-state index contributed by atoms with van der Waals surface area (Å²) < 4.78 is 4.99. The number of rotatable bonds is 2. The fourth-order valence-corrected chi connectivity index (χ4v) is 0.890.